The second-order valence-corrected chi connectivity index (χ2v) is 24.5. The predicted molar refractivity (Wildman–Crippen MR) is 311 cm³/mol. The third-order valence-corrected chi connectivity index (χ3v) is 18.1. The molecule has 0 fully saturated rings. The highest BCUT2D eigenvalue weighted by molar-refractivity contribution is 8.77. The lowest BCUT2D eigenvalue weighted by atomic mass is 9.98. The number of hydrogen-bond donors (Lipinski definition) is 0. The Morgan fingerprint density at radius 2 is 1.24 bits per heavy atom. The molecule has 0 radical (unpaired) electrons. The van der Waals surface area contributed by atoms with Crippen molar-refractivity contribution in [2.45, 2.75) is 116 Å². The average molecular weight is 1140 g/mol. The maximum atomic E-state index is 14.3. The van der Waals surface area contributed by atoms with Crippen molar-refractivity contribution < 1.29 is 55.4 Å². The fourth-order valence-electron chi connectivity index (χ4n) is 11.0. The molecule has 0 saturated carbocycles. The molecule has 0 aliphatic carbocycles. The summed E-state index contributed by atoms with van der Waals surface area (Å²) >= 11 is 0. The van der Waals surface area contributed by atoms with E-state index in [1.165, 1.54) is 11.1 Å². The van der Waals surface area contributed by atoms with E-state index in [1.54, 1.807) is 14.2 Å². The zero-order valence-electron chi connectivity index (χ0n) is 46.2. The molecule has 0 aromatic heterocycles. The average Bonchev–Trinajstić information content (AvgIpc) is 4.10. The van der Waals surface area contributed by atoms with Crippen molar-refractivity contribution in [3.63, 3.8) is 0 Å². The molecule has 18 heteroatoms. The van der Waals surface area contributed by atoms with Crippen molar-refractivity contribution >= 4 is 66.9 Å². The van der Waals surface area contributed by atoms with Crippen LogP contribution in [0.1, 0.15) is 113 Å². The van der Waals surface area contributed by atoms with Crippen LogP contribution in [0.4, 0.5) is 17.1 Å². The van der Waals surface area contributed by atoms with Crippen LogP contribution in [0.5, 0.6) is 17.2 Å². The Hall–Kier alpha value is -5.89. The fraction of sp³-hybridized carbons (Fsp3) is 0.459. The summed E-state index contributed by atoms with van der Waals surface area (Å²) in [7, 11) is 3.84. The normalized spacial score (nSPS) is 16.0. The molecule has 15 nitrogen and oxygen atoms in total. The van der Waals surface area contributed by atoms with Gasteiger partial charge in [-0.1, -0.05) is 64.9 Å². The summed E-state index contributed by atoms with van der Waals surface area (Å²) in [6.45, 7) is 12.8. The minimum Gasteiger partial charge on any atom is -0.493 e. The molecule has 79 heavy (non-hydrogen) atoms. The lowest BCUT2D eigenvalue weighted by Gasteiger charge is -2.34. The van der Waals surface area contributed by atoms with Gasteiger partial charge in [-0.3, -0.25) is 14.4 Å². The number of hydrogen-bond acceptors (Lipinski definition) is 15. The molecule has 2 amide bonds. The van der Waals surface area contributed by atoms with Crippen molar-refractivity contribution in [2.24, 2.45) is 0 Å². The van der Waals surface area contributed by atoms with E-state index in [9.17, 15) is 14.4 Å². The second kappa shape index (κ2) is 28.0. The zero-order chi connectivity index (χ0) is 56.1. The molecule has 4 aliphatic rings. The van der Waals surface area contributed by atoms with Crippen LogP contribution in [-0.4, -0.2) is 113 Å². The van der Waals surface area contributed by atoms with E-state index in [0.29, 0.717) is 81.8 Å². The molecule has 0 spiro atoms. The van der Waals surface area contributed by atoms with Crippen LogP contribution in [0, 0.1) is 6.92 Å². The number of methoxy groups -OCH3 is 2. The van der Waals surface area contributed by atoms with Crippen molar-refractivity contribution in [1.82, 2.24) is 0 Å². The maximum Gasteiger partial charge on any atom is 0.425 e. The summed E-state index contributed by atoms with van der Waals surface area (Å²) in [5.74, 6) is 3.11. The molecule has 9 rings (SSSR count). The smallest absolute Gasteiger partial charge is 0.425 e. The van der Waals surface area contributed by atoms with Crippen molar-refractivity contribution in [3.8, 4) is 17.2 Å². The quantitative estimate of drug-likeness (QED) is 0.0379. The van der Waals surface area contributed by atoms with Gasteiger partial charge in [0.15, 0.2) is 11.5 Å². The molecular weight excluding hydrogens is 1060 g/mol. The van der Waals surface area contributed by atoms with Gasteiger partial charge in [-0.25, -0.2) is 0 Å². The Labute approximate surface area is 474 Å². The first kappa shape index (κ1) is 59.2. The van der Waals surface area contributed by atoms with Gasteiger partial charge in [-0.15, -0.1) is 12.6 Å². The highest BCUT2D eigenvalue weighted by Gasteiger charge is 2.39. The number of ether oxygens (including phenoxy) is 6. The number of nitrogens with zero attached hydrogens (tertiary/aromatic N) is 3. The second-order valence-electron chi connectivity index (χ2n) is 20.9. The van der Waals surface area contributed by atoms with Crippen LogP contribution < -0.4 is 28.9 Å². The zero-order valence-corrected chi connectivity index (χ0v) is 48.7. The summed E-state index contributed by atoms with van der Waals surface area (Å²) in [5.41, 5.74) is 11.6. The third-order valence-electron chi connectivity index (χ3n) is 14.8. The highest BCUT2D eigenvalue weighted by atomic mass is 33.1. The van der Waals surface area contributed by atoms with Crippen LogP contribution >= 0.6 is 21.6 Å². The van der Waals surface area contributed by atoms with Crippen LogP contribution in [0.25, 0.3) is 0 Å². The summed E-state index contributed by atoms with van der Waals surface area (Å²) in [6, 6.07) is 31.2. The molecule has 0 saturated heterocycles. The van der Waals surface area contributed by atoms with Gasteiger partial charge in [0.25, 0.3) is 11.8 Å². The molecule has 0 bridgehead atoms. The SMILES string of the molecule is CCC(=O)CCCSSC(C)(C)CN(CCOCCOCCOC)c1cc(COc2cc3c(cc2C)C(=O)N2c4ccccc4C[C@H]2CC3)cc(COc2cc3c(cc2OC)C(=O)N2c4ccccc4C[C@H]2CC3)c1.O=S(=O)=O. The first-order valence-electron chi connectivity index (χ1n) is 27.2. The molecule has 5 aromatic rings. The molecule has 2 atom stereocenters. The Morgan fingerprint density at radius 3 is 1.82 bits per heavy atom. The van der Waals surface area contributed by atoms with Gasteiger partial charge >= 0.3 is 10.6 Å². The number of benzene rings is 5. The summed E-state index contributed by atoms with van der Waals surface area (Å²) in [5, 5.41) is 0. The molecule has 4 aliphatic heterocycles. The van der Waals surface area contributed by atoms with E-state index >= 15 is 0 Å². The number of para-hydroxylation sites is 2. The molecule has 0 unspecified atom stereocenters. The molecule has 4 heterocycles. The Morgan fingerprint density at radius 1 is 0.696 bits per heavy atom. The number of rotatable bonds is 26. The van der Waals surface area contributed by atoms with E-state index in [4.69, 9.17) is 41.0 Å². The van der Waals surface area contributed by atoms with Gasteiger partial charge in [-0.2, -0.15) is 0 Å². The minimum absolute atomic E-state index is 0.00385. The van der Waals surface area contributed by atoms with E-state index in [2.05, 4.69) is 67.3 Å². The maximum absolute atomic E-state index is 14.3. The van der Waals surface area contributed by atoms with E-state index < -0.39 is 10.6 Å². The van der Waals surface area contributed by atoms with Gasteiger partial charge in [0.2, 0.25) is 0 Å². The highest BCUT2D eigenvalue weighted by Crippen LogP contribution is 2.43. The van der Waals surface area contributed by atoms with Gasteiger partial charge < -0.3 is 43.1 Å². The first-order valence-corrected chi connectivity index (χ1v) is 30.5. The topological polar surface area (TPSA) is 168 Å². The Kier molecular flexibility index (Phi) is 21.0. The third kappa shape index (κ3) is 15.3. The lowest BCUT2D eigenvalue weighted by Crippen LogP contribution is -2.38. The lowest BCUT2D eigenvalue weighted by molar-refractivity contribution is -0.118. The number of carbonyl (C=O) groups is 3. The van der Waals surface area contributed by atoms with Crippen molar-refractivity contribution in [3.05, 3.63) is 141 Å². The number of Topliss-reactive ketones (excluding diaryl/α,β-unsaturated/α-hetero) is 1. The number of fused-ring (bicyclic) bond motifs is 8. The van der Waals surface area contributed by atoms with E-state index in [0.717, 1.165) is 107 Å². The van der Waals surface area contributed by atoms with Crippen molar-refractivity contribution in [2.75, 3.05) is 80.8 Å². The van der Waals surface area contributed by atoms with Gasteiger partial charge in [0.05, 0.1) is 40.1 Å². The molecule has 0 N–H and O–H groups in total. The number of amides is 2. The van der Waals surface area contributed by atoms with Crippen LogP contribution in [0.3, 0.4) is 0 Å². The molecule has 422 valence electrons. The van der Waals surface area contributed by atoms with E-state index in [-0.39, 0.29) is 41.9 Å². The summed E-state index contributed by atoms with van der Waals surface area (Å²) < 4.78 is 61.6. The number of aryl methyl sites for hydroxylation is 3. The van der Waals surface area contributed by atoms with Crippen LogP contribution in [0.2, 0.25) is 0 Å². The van der Waals surface area contributed by atoms with E-state index in [1.807, 2.05) is 87.7 Å². The standard InChI is InChI=1S/C61H73N3O9S2.O3S/c1-7-51(65)15-12-28-74-75-61(3,4)40-62(22-23-70-26-27-71-25-24-68-5)50-31-42(38-72-56-35-44-18-20-48-33-46-13-8-10-16-54(46)63(48)59(66)52(44)29-41(56)2)30-43(32-50)39-73-58-36-45-19-21-49-34-47-14-9-11-17-55(47)64(49)60(67)53(45)37-57(58)69-6;1-4(2)3/h8-11,13-14,16-17,29-32,35-37,48-49H,7,12,15,18-28,33-34,38-40H2,1-6H3;/t48-,49-;/m1./s1. The minimum atomic E-state index is -3.11. The largest absolute Gasteiger partial charge is 0.493 e. The number of ketones is 1. The van der Waals surface area contributed by atoms with Gasteiger partial charge in [0.1, 0.15) is 24.7 Å². The Bertz CT molecular complexity index is 3070. The van der Waals surface area contributed by atoms with Crippen LogP contribution in [0.15, 0.2) is 91.0 Å². The number of anilines is 3. The van der Waals surface area contributed by atoms with Gasteiger partial charge in [0, 0.05) is 83.8 Å². The predicted octanol–water partition coefficient (Wildman–Crippen LogP) is 10.6. The summed E-state index contributed by atoms with van der Waals surface area (Å²) in [4.78, 5) is 47.0. The fourth-order valence-corrected chi connectivity index (χ4v) is 13.5. The number of carbonyl (C=O) groups excluding carboxylic acids is 3. The molecule has 5 aromatic carbocycles. The van der Waals surface area contributed by atoms with Crippen LogP contribution in [-0.2, 0) is 68.5 Å². The monoisotopic (exact) mass is 1140 g/mol. The Balaban J connectivity index is 0.00000199. The molecular formula is C61H73N3O12S3. The van der Waals surface area contributed by atoms with Crippen molar-refractivity contribution in [1.29, 1.82) is 0 Å². The van der Waals surface area contributed by atoms with Gasteiger partial charge in [-0.05, 0) is 159 Å². The first-order chi connectivity index (χ1) is 38.2. The summed E-state index contributed by atoms with van der Waals surface area (Å²) in [6.07, 6.45) is 7.04.